The summed E-state index contributed by atoms with van der Waals surface area (Å²) < 4.78 is 17.6. The van der Waals surface area contributed by atoms with Crippen LogP contribution < -0.4 is 0 Å². The molecule has 21 heavy (non-hydrogen) atoms. The zero-order chi connectivity index (χ0) is 14.7. The Morgan fingerprint density at radius 1 is 1.10 bits per heavy atom. The van der Waals surface area contributed by atoms with Gasteiger partial charge >= 0.3 is 0 Å². The highest BCUT2D eigenvalue weighted by Crippen LogP contribution is 2.36. The molecule has 3 rings (SSSR count). The second-order valence-electron chi connectivity index (χ2n) is 6.51. The Balaban J connectivity index is 1.45. The van der Waals surface area contributed by atoms with Gasteiger partial charge in [-0.2, -0.15) is 0 Å². The molecule has 1 saturated carbocycles. The smallest absolute Gasteiger partial charge is 0.168 e. The molecule has 3 heteroatoms. The molecule has 0 aromatic heterocycles. The molecule has 116 valence electrons. The highest BCUT2D eigenvalue weighted by molar-refractivity contribution is 5.24. The molecule has 1 saturated heterocycles. The predicted octanol–water partition coefficient (Wildman–Crippen LogP) is 4.01. The summed E-state index contributed by atoms with van der Waals surface area (Å²) in [6, 6.07) is 8.78. The highest BCUT2D eigenvalue weighted by atomic mass is 16.7. The third-order valence-electron chi connectivity index (χ3n) is 4.64. The summed E-state index contributed by atoms with van der Waals surface area (Å²) in [4.78, 5) is 0. The number of hydrogen-bond donors (Lipinski definition) is 0. The Labute approximate surface area is 127 Å². The van der Waals surface area contributed by atoms with Gasteiger partial charge in [0.2, 0.25) is 0 Å². The third-order valence-corrected chi connectivity index (χ3v) is 4.64. The van der Waals surface area contributed by atoms with Crippen LogP contribution in [0.3, 0.4) is 0 Å². The normalized spacial score (nSPS) is 22.2. The van der Waals surface area contributed by atoms with Crippen molar-refractivity contribution in [3.63, 3.8) is 0 Å². The molecule has 1 aliphatic heterocycles. The van der Waals surface area contributed by atoms with Gasteiger partial charge < -0.3 is 14.2 Å². The van der Waals surface area contributed by atoms with Crippen LogP contribution in [0.4, 0.5) is 0 Å². The monoisotopic (exact) mass is 290 g/mol. The fraction of sp³-hybridized carbons (Fsp3) is 0.667. The zero-order valence-electron chi connectivity index (χ0n) is 13.1. The average Bonchev–Trinajstić information content (AvgIpc) is 2.95. The molecule has 1 heterocycles. The average molecular weight is 290 g/mol. The standard InChI is InChI=1S/C18H26O3/c1-14(2)16-5-3-15(4-6-16)13-19-17-7-9-18(10-8-17)20-11-12-21-18/h3-6,14,17H,7-13H2,1-2H3. The van der Waals surface area contributed by atoms with Gasteiger partial charge in [-0.15, -0.1) is 0 Å². The van der Waals surface area contributed by atoms with E-state index in [4.69, 9.17) is 14.2 Å². The molecule has 0 bridgehead atoms. The van der Waals surface area contributed by atoms with E-state index in [9.17, 15) is 0 Å². The molecule has 0 radical (unpaired) electrons. The van der Waals surface area contributed by atoms with Crippen LogP contribution in [0.5, 0.6) is 0 Å². The van der Waals surface area contributed by atoms with E-state index in [1.165, 1.54) is 11.1 Å². The molecule has 0 atom stereocenters. The minimum atomic E-state index is -0.279. The Bertz CT molecular complexity index is 436. The first-order valence-corrected chi connectivity index (χ1v) is 8.15. The van der Waals surface area contributed by atoms with Crippen molar-refractivity contribution in [2.75, 3.05) is 13.2 Å². The van der Waals surface area contributed by atoms with Crippen LogP contribution in [-0.4, -0.2) is 25.1 Å². The van der Waals surface area contributed by atoms with Crippen LogP contribution in [0.1, 0.15) is 56.6 Å². The van der Waals surface area contributed by atoms with E-state index in [1.807, 2.05) is 0 Å². The lowest BCUT2D eigenvalue weighted by molar-refractivity contribution is -0.192. The van der Waals surface area contributed by atoms with Crippen molar-refractivity contribution in [3.05, 3.63) is 35.4 Å². The van der Waals surface area contributed by atoms with Crippen LogP contribution in [0.15, 0.2) is 24.3 Å². The van der Waals surface area contributed by atoms with Crippen molar-refractivity contribution in [3.8, 4) is 0 Å². The lowest BCUT2D eigenvalue weighted by Gasteiger charge is -2.35. The Kier molecular flexibility index (Phi) is 4.63. The summed E-state index contributed by atoms with van der Waals surface area (Å²) in [7, 11) is 0. The van der Waals surface area contributed by atoms with Crippen molar-refractivity contribution in [2.24, 2.45) is 0 Å². The molecule has 1 aromatic rings. The number of rotatable bonds is 4. The summed E-state index contributed by atoms with van der Waals surface area (Å²) >= 11 is 0. The molecule has 2 fully saturated rings. The maximum Gasteiger partial charge on any atom is 0.168 e. The first kappa shape index (κ1) is 15.0. The molecular formula is C18H26O3. The molecule has 0 amide bonds. The van der Waals surface area contributed by atoms with Gasteiger partial charge in [-0.25, -0.2) is 0 Å². The van der Waals surface area contributed by atoms with E-state index >= 15 is 0 Å². The molecule has 1 aromatic carbocycles. The van der Waals surface area contributed by atoms with Gasteiger partial charge in [0.15, 0.2) is 5.79 Å². The van der Waals surface area contributed by atoms with Crippen molar-refractivity contribution in [1.82, 2.24) is 0 Å². The third kappa shape index (κ3) is 3.65. The summed E-state index contributed by atoms with van der Waals surface area (Å²) in [5.74, 6) is 0.305. The maximum atomic E-state index is 6.06. The topological polar surface area (TPSA) is 27.7 Å². The van der Waals surface area contributed by atoms with Gasteiger partial charge in [0, 0.05) is 12.8 Å². The van der Waals surface area contributed by atoms with Gasteiger partial charge in [-0.05, 0) is 29.9 Å². The lowest BCUT2D eigenvalue weighted by atomic mass is 9.92. The van der Waals surface area contributed by atoms with Gasteiger partial charge in [0.25, 0.3) is 0 Å². The molecule has 3 nitrogen and oxygen atoms in total. The predicted molar refractivity (Wildman–Crippen MR) is 82.2 cm³/mol. The fourth-order valence-corrected chi connectivity index (χ4v) is 3.20. The summed E-state index contributed by atoms with van der Waals surface area (Å²) in [6.45, 7) is 6.63. The Morgan fingerprint density at radius 2 is 1.71 bits per heavy atom. The van der Waals surface area contributed by atoms with Gasteiger partial charge in [0.05, 0.1) is 25.9 Å². The van der Waals surface area contributed by atoms with E-state index in [-0.39, 0.29) is 5.79 Å². The number of ether oxygens (including phenoxy) is 3. The minimum absolute atomic E-state index is 0.279. The summed E-state index contributed by atoms with van der Waals surface area (Å²) in [5.41, 5.74) is 2.64. The van der Waals surface area contributed by atoms with Crippen molar-refractivity contribution >= 4 is 0 Å². The lowest BCUT2D eigenvalue weighted by Crippen LogP contribution is -2.37. The SMILES string of the molecule is CC(C)c1ccc(COC2CCC3(CC2)OCCO3)cc1. The second kappa shape index (κ2) is 6.47. The summed E-state index contributed by atoms with van der Waals surface area (Å²) in [6.07, 6.45) is 4.33. The molecule has 1 aliphatic carbocycles. The number of benzene rings is 1. The quantitative estimate of drug-likeness (QED) is 0.838. The summed E-state index contributed by atoms with van der Waals surface area (Å²) in [5, 5.41) is 0. The van der Waals surface area contributed by atoms with E-state index < -0.39 is 0 Å². The highest BCUT2D eigenvalue weighted by Gasteiger charge is 2.40. The first-order chi connectivity index (χ1) is 10.2. The van der Waals surface area contributed by atoms with E-state index in [2.05, 4.69) is 38.1 Å². The van der Waals surface area contributed by atoms with E-state index in [0.717, 1.165) is 38.9 Å². The molecule has 0 unspecified atom stereocenters. The first-order valence-electron chi connectivity index (χ1n) is 8.15. The fourth-order valence-electron chi connectivity index (χ4n) is 3.20. The van der Waals surface area contributed by atoms with Gasteiger partial charge in [-0.1, -0.05) is 38.1 Å². The van der Waals surface area contributed by atoms with Crippen LogP contribution in [0.2, 0.25) is 0 Å². The van der Waals surface area contributed by atoms with Crippen LogP contribution in [-0.2, 0) is 20.8 Å². The van der Waals surface area contributed by atoms with Crippen molar-refractivity contribution < 1.29 is 14.2 Å². The molecule has 1 spiro atoms. The Morgan fingerprint density at radius 3 is 2.29 bits per heavy atom. The van der Waals surface area contributed by atoms with Gasteiger partial charge in [-0.3, -0.25) is 0 Å². The largest absolute Gasteiger partial charge is 0.374 e. The van der Waals surface area contributed by atoms with Gasteiger partial charge in [0.1, 0.15) is 0 Å². The maximum absolute atomic E-state index is 6.06. The second-order valence-corrected chi connectivity index (χ2v) is 6.51. The van der Waals surface area contributed by atoms with Crippen LogP contribution >= 0.6 is 0 Å². The van der Waals surface area contributed by atoms with E-state index in [0.29, 0.717) is 18.6 Å². The Hall–Kier alpha value is -0.900. The molecule has 0 N–H and O–H groups in total. The minimum Gasteiger partial charge on any atom is -0.374 e. The van der Waals surface area contributed by atoms with Crippen LogP contribution in [0.25, 0.3) is 0 Å². The van der Waals surface area contributed by atoms with Crippen molar-refractivity contribution in [2.45, 2.75) is 63.9 Å². The van der Waals surface area contributed by atoms with E-state index in [1.54, 1.807) is 0 Å². The van der Waals surface area contributed by atoms with Crippen LogP contribution in [0, 0.1) is 0 Å². The molecule has 2 aliphatic rings. The zero-order valence-corrected chi connectivity index (χ0v) is 13.1. The molecular weight excluding hydrogens is 264 g/mol. The van der Waals surface area contributed by atoms with Crippen molar-refractivity contribution in [1.29, 1.82) is 0 Å². The number of hydrogen-bond acceptors (Lipinski definition) is 3.